The van der Waals surface area contributed by atoms with Gasteiger partial charge in [-0.05, 0) is 51.0 Å². The highest BCUT2D eigenvalue weighted by atomic mass is 19.4. The molecule has 0 amide bonds. The second-order valence-electron chi connectivity index (χ2n) is 6.65. The molecule has 2 aromatic rings. The zero-order valence-electron chi connectivity index (χ0n) is 17.2. The number of hydrogen-bond acceptors (Lipinski definition) is 3. The molecule has 0 saturated heterocycles. The van der Waals surface area contributed by atoms with E-state index in [-0.39, 0.29) is 17.9 Å². The molecular weight excluding hydrogens is 383 g/mol. The van der Waals surface area contributed by atoms with Crippen LogP contribution >= 0.6 is 0 Å². The highest BCUT2D eigenvalue weighted by molar-refractivity contribution is 5.79. The molecule has 0 aliphatic carbocycles. The monoisotopic (exact) mass is 411 g/mol. The number of aliphatic imine (C=N–C) groups is 1. The minimum atomic E-state index is -4.47. The summed E-state index contributed by atoms with van der Waals surface area (Å²) in [6.07, 6.45) is -3.66. The Hall–Kier alpha value is -2.71. The van der Waals surface area contributed by atoms with Crippen molar-refractivity contribution in [3.8, 4) is 5.75 Å². The number of guanidine groups is 1. The molecule has 0 saturated carbocycles. The molecular formula is C20H28F3N5O. The van der Waals surface area contributed by atoms with Crippen LogP contribution in [-0.2, 0) is 19.3 Å². The number of alkyl halides is 3. The van der Waals surface area contributed by atoms with Crippen molar-refractivity contribution in [1.82, 2.24) is 20.4 Å². The molecule has 0 radical (unpaired) electrons. The van der Waals surface area contributed by atoms with E-state index < -0.39 is 11.7 Å². The lowest BCUT2D eigenvalue weighted by atomic mass is 10.1. The molecule has 160 valence electrons. The first-order chi connectivity index (χ1) is 13.7. The fourth-order valence-corrected chi connectivity index (χ4v) is 2.93. The van der Waals surface area contributed by atoms with E-state index in [9.17, 15) is 13.2 Å². The maximum atomic E-state index is 13.3. The van der Waals surface area contributed by atoms with Crippen LogP contribution in [0.15, 0.2) is 29.3 Å². The first-order valence-electron chi connectivity index (χ1n) is 9.52. The van der Waals surface area contributed by atoms with Crippen LogP contribution in [0, 0.1) is 13.8 Å². The van der Waals surface area contributed by atoms with E-state index in [1.54, 1.807) is 0 Å². The van der Waals surface area contributed by atoms with E-state index in [1.807, 2.05) is 31.5 Å². The van der Waals surface area contributed by atoms with E-state index in [4.69, 9.17) is 4.74 Å². The van der Waals surface area contributed by atoms with Gasteiger partial charge in [-0.3, -0.25) is 4.68 Å². The molecule has 0 bridgehead atoms. The van der Waals surface area contributed by atoms with Crippen molar-refractivity contribution in [2.24, 2.45) is 4.99 Å². The molecule has 9 heteroatoms. The molecule has 6 nitrogen and oxygen atoms in total. The average Bonchev–Trinajstić information content (AvgIpc) is 2.99. The Morgan fingerprint density at radius 3 is 2.55 bits per heavy atom. The molecule has 0 fully saturated rings. The SMILES string of the molecule is CCNC(=NCc1ccc(OC)cc1C(F)(F)F)NCCCn1nc(C)cc1C. The van der Waals surface area contributed by atoms with Gasteiger partial charge in [-0.1, -0.05) is 6.07 Å². The number of halogens is 3. The third kappa shape index (κ3) is 6.69. The van der Waals surface area contributed by atoms with Crippen molar-refractivity contribution in [2.75, 3.05) is 20.2 Å². The van der Waals surface area contributed by atoms with Gasteiger partial charge in [0.2, 0.25) is 0 Å². The van der Waals surface area contributed by atoms with Gasteiger partial charge in [0.15, 0.2) is 5.96 Å². The Balaban J connectivity index is 2.00. The predicted molar refractivity (Wildman–Crippen MR) is 107 cm³/mol. The molecule has 0 aliphatic rings. The minimum Gasteiger partial charge on any atom is -0.497 e. The lowest BCUT2D eigenvalue weighted by Crippen LogP contribution is -2.38. The van der Waals surface area contributed by atoms with Gasteiger partial charge in [-0.2, -0.15) is 18.3 Å². The molecule has 0 unspecified atom stereocenters. The van der Waals surface area contributed by atoms with Crippen molar-refractivity contribution in [2.45, 2.75) is 46.5 Å². The summed E-state index contributed by atoms with van der Waals surface area (Å²) >= 11 is 0. The number of aryl methyl sites for hydroxylation is 3. The Morgan fingerprint density at radius 1 is 1.21 bits per heavy atom. The lowest BCUT2D eigenvalue weighted by Gasteiger charge is -2.15. The van der Waals surface area contributed by atoms with E-state index >= 15 is 0 Å². The normalized spacial score (nSPS) is 12.2. The van der Waals surface area contributed by atoms with E-state index in [0.717, 1.165) is 30.4 Å². The van der Waals surface area contributed by atoms with Crippen LogP contribution < -0.4 is 15.4 Å². The number of aromatic nitrogens is 2. The van der Waals surface area contributed by atoms with Gasteiger partial charge in [0.25, 0.3) is 0 Å². The summed E-state index contributed by atoms with van der Waals surface area (Å²) in [5.41, 5.74) is 1.44. The number of hydrogen-bond donors (Lipinski definition) is 2. The summed E-state index contributed by atoms with van der Waals surface area (Å²) in [7, 11) is 1.34. The van der Waals surface area contributed by atoms with Crippen molar-refractivity contribution in [1.29, 1.82) is 0 Å². The van der Waals surface area contributed by atoms with E-state index in [1.165, 1.54) is 19.2 Å². The van der Waals surface area contributed by atoms with Gasteiger partial charge < -0.3 is 15.4 Å². The number of benzene rings is 1. The van der Waals surface area contributed by atoms with Crippen LogP contribution in [0.25, 0.3) is 0 Å². The summed E-state index contributed by atoms with van der Waals surface area (Å²) in [4.78, 5) is 4.31. The molecule has 0 spiro atoms. The van der Waals surface area contributed by atoms with Crippen molar-refractivity contribution in [3.63, 3.8) is 0 Å². The summed E-state index contributed by atoms with van der Waals surface area (Å²) < 4.78 is 46.9. The van der Waals surface area contributed by atoms with Crippen molar-refractivity contribution in [3.05, 3.63) is 46.8 Å². The van der Waals surface area contributed by atoms with Crippen LogP contribution in [-0.4, -0.2) is 35.9 Å². The zero-order valence-corrected chi connectivity index (χ0v) is 17.2. The van der Waals surface area contributed by atoms with Gasteiger partial charge in [0, 0.05) is 25.3 Å². The Morgan fingerprint density at radius 2 is 1.97 bits per heavy atom. The highest BCUT2D eigenvalue weighted by Gasteiger charge is 2.33. The molecule has 2 N–H and O–H groups in total. The van der Waals surface area contributed by atoms with Crippen LogP contribution in [0.3, 0.4) is 0 Å². The number of nitrogens with zero attached hydrogens (tertiary/aromatic N) is 3. The number of methoxy groups -OCH3 is 1. The highest BCUT2D eigenvalue weighted by Crippen LogP contribution is 2.34. The first-order valence-corrected chi connectivity index (χ1v) is 9.52. The molecule has 0 atom stereocenters. The van der Waals surface area contributed by atoms with E-state index in [2.05, 4.69) is 20.7 Å². The third-order valence-electron chi connectivity index (χ3n) is 4.32. The maximum absolute atomic E-state index is 13.3. The topological polar surface area (TPSA) is 63.5 Å². The fraction of sp³-hybridized carbons (Fsp3) is 0.500. The predicted octanol–water partition coefficient (Wildman–Crippen LogP) is 3.67. The van der Waals surface area contributed by atoms with Crippen molar-refractivity contribution >= 4 is 5.96 Å². The van der Waals surface area contributed by atoms with Gasteiger partial charge in [-0.25, -0.2) is 4.99 Å². The quantitative estimate of drug-likeness (QED) is 0.395. The number of rotatable bonds is 8. The minimum absolute atomic E-state index is 0.0916. The fourth-order valence-electron chi connectivity index (χ4n) is 2.93. The summed E-state index contributed by atoms with van der Waals surface area (Å²) in [6.45, 7) is 7.76. The summed E-state index contributed by atoms with van der Waals surface area (Å²) in [5, 5.41) is 10.6. The maximum Gasteiger partial charge on any atom is 0.416 e. The second kappa shape index (κ2) is 10.2. The molecule has 2 rings (SSSR count). The smallest absolute Gasteiger partial charge is 0.416 e. The number of ether oxygens (including phenoxy) is 1. The van der Waals surface area contributed by atoms with Crippen LogP contribution in [0.5, 0.6) is 5.75 Å². The first kappa shape index (κ1) is 22.6. The van der Waals surface area contributed by atoms with Gasteiger partial charge >= 0.3 is 6.18 Å². The molecule has 29 heavy (non-hydrogen) atoms. The van der Waals surface area contributed by atoms with Gasteiger partial charge in [0.1, 0.15) is 5.75 Å². The molecule has 0 aliphatic heterocycles. The summed E-state index contributed by atoms with van der Waals surface area (Å²) in [6, 6.07) is 5.93. The largest absolute Gasteiger partial charge is 0.497 e. The van der Waals surface area contributed by atoms with Gasteiger partial charge in [0.05, 0.1) is 24.9 Å². The standard InChI is InChI=1S/C20H28F3N5O/c1-5-24-19(25-9-6-10-28-15(3)11-14(2)27-28)26-13-16-7-8-17(29-4)12-18(16)20(21,22)23/h7-8,11-12H,5-6,9-10,13H2,1-4H3,(H2,24,25,26). The van der Waals surface area contributed by atoms with Gasteiger partial charge in [-0.15, -0.1) is 0 Å². The zero-order chi connectivity index (χ0) is 21.4. The Bertz CT molecular complexity index is 830. The Labute approximate surface area is 169 Å². The van der Waals surface area contributed by atoms with Crippen LogP contribution in [0.2, 0.25) is 0 Å². The second-order valence-corrected chi connectivity index (χ2v) is 6.65. The lowest BCUT2D eigenvalue weighted by molar-refractivity contribution is -0.138. The molecule has 1 aromatic carbocycles. The van der Waals surface area contributed by atoms with Crippen LogP contribution in [0.1, 0.15) is 35.9 Å². The Kier molecular flexibility index (Phi) is 7.92. The molecule has 1 heterocycles. The summed E-state index contributed by atoms with van der Waals surface area (Å²) in [5.74, 6) is 0.643. The van der Waals surface area contributed by atoms with Crippen LogP contribution in [0.4, 0.5) is 13.2 Å². The van der Waals surface area contributed by atoms with E-state index in [0.29, 0.717) is 19.0 Å². The average molecular weight is 411 g/mol. The number of nitrogens with one attached hydrogen (secondary N) is 2. The third-order valence-corrected chi connectivity index (χ3v) is 4.32. The molecule has 1 aromatic heterocycles. The van der Waals surface area contributed by atoms with Crippen molar-refractivity contribution < 1.29 is 17.9 Å².